The van der Waals surface area contributed by atoms with Crippen LogP contribution in [0.4, 0.5) is 8.78 Å². The molecule has 1 aromatic heterocycles. The number of carbonyl (C=O) groups excluding carboxylic acids is 2. The summed E-state index contributed by atoms with van der Waals surface area (Å²) in [6, 6.07) is 3.12. The molecule has 0 aliphatic carbocycles. The number of rotatable bonds is 4. The van der Waals surface area contributed by atoms with E-state index < -0.39 is 30.8 Å². The molecule has 2 heterocycles. The fourth-order valence-electron chi connectivity index (χ4n) is 2.46. The van der Waals surface area contributed by atoms with Crippen molar-refractivity contribution in [2.45, 2.75) is 31.2 Å². The number of ketones is 1. The fourth-order valence-corrected chi connectivity index (χ4v) is 2.46. The van der Waals surface area contributed by atoms with E-state index in [4.69, 9.17) is 5.26 Å². The summed E-state index contributed by atoms with van der Waals surface area (Å²) in [5.74, 6) is -4.09. The van der Waals surface area contributed by atoms with Crippen LogP contribution >= 0.6 is 0 Å². The molecule has 1 aliphatic rings. The maximum Gasteiger partial charge on any atom is 0.268 e. The van der Waals surface area contributed by atoms with Gasteiger partial charge in [0.05, 0.1) is 12.6 Å². The Morgan fingerprint density at radius 3 is 2.70 bits per heavy atom. The highest BCUT2D eigenvalue weighted by molar-refractivity contribution is 5.97. The van der Waals surface area contributed by atoms with E-state index in [0.29, 0.717) is 0 Å². The van der Waals surface area contributed by atoms with Crippen LogP contribution in [0.25, 0.3) is 0 Å². The van der Waals surface area contributed by atoms with E-state index in [1.54, 1.807) is 6.07 Å². The number of hydrogen-bond acceptors (Lipinski definition) is 4. The molecule has 2 rings (SSSR count). The van der Waals surface area contributed by atoms with E-state index in [2.05, 4.69) is 0 Å². The maximum absolute atomic E-state index is 13.3. The smallest absolute Gasteiger partial charge is 0.268 e. The lowest BCUT2D eigenvalue weighted by Crippen LogP contribution is -2.36. The number of nitriles is 1. The first-order chi connectivity index (χ1) is 10.7. The van der Waals surface area contributed by atoms with E-state index >= 15 is 0 Å². The van der Waals surface area contributed by atoms with Crippen molar-refractivity contribution >= 4 is 11.7 Å². The first kappa shape index (κ1) is 16.8. The van der Waals surface area contributed by atoms with E-state index in [9.17, 15) is 23.2 Å². The fraction of sp³-hybridized carbons (Fsp3) is 0.467. The number of carbonyl (C=O) groups is 2. The van der Waals surface area contributed by atoms with Crippen LogP contribution in [0.3, 0.4) is 0 Å². The van der Waals surface area contributed by atoms with Crippen LogP contribution in [-0.4, -0.2) is 39.7 Å². The van der Waals surface area contributed by atoms with Crippen LogP contribution < -0.4 is 5.56 Å². The molecule has 0 spiro atoms. The summed E-state index contributed by atoms with van der Waals surface area (Å²) >= 11 is 0. The summed E-state index contributed by atoms with van der Waals surface area (Å²) in [4.78, 5) is 36.1. The molecule has 0 radical (unpaired) electrons. The lowest BCUT2D eigenvalue weighted by atomic mass is 10.1. The second kappa shape index (κ2) is 6.28. The molecule has 122 valence electrons. The van der Waals surface area contributed by atoms with E-state index in [1.807, 2.05) is 0 Å². The highest BCUT2D eigenvalue weighted by Crippen LogP contribution is 2.32. The number of aryl methyl sites for hydroxylation is 1. The summed E-state index contributed by atoms with van der Waals surface area (Å²) in [6.45, 7) is -0.794. The molecule has 0 aromatic carbocycles. The Bertz CT molecular complexity index is 736. The van der Waals surface area contributed by atoms with E-state index in [1.165, 1.54) is 29.9 Å². The van der Waals surface area contributed by atoms with Crippen LogP contribution in [0.1, 0.15) is 29.6 Å². The average Bonchev–Trinajstić information content (AvgIpc) is 2.82. The first-order valence-electron chi connectivity index (χ1n) is 7.00. The zero-order valence-corrected chi connectivity index (χ0v) is 12.5. The van der Waals surface area contributed by atoms with Crippen molar-refractivity contribution in [2.24, 2.45) is 7.05 Å². The molecule has 0 N–H and O–H groups in total. The lowest BCUT2D eigenvalue weighted by Gasteiger charge is -2.18. The Kier molecular flexibility index (Phi) is 4.59. The minimum Gasteiger partial charge on any atom is -0.320 e. The molecule has 8 heteroatoms. The largest absolute Gasteiger partial charge is 0.320 e. The number of hydrogen-bond donors (Lipinski definition) is 0. The molecule has 6 nitrogen and oxygen atoms in total. The van der Waals surface area contributed by atoms with Gasteiger partial charge in [0, 0.05) is 44.1 Å². The quantitative estimate of drug-likeness (QED) is 0.777. The SMILES string of the molecule is Cn1cc(C(=O)CCC(=O)N2CC(F)(F)C[C@H]2C#N)ccc1=O. The molecular formula is C15H15F2N3O3. The van der Waals surface area contributed by atoms with Gasteiger partial charge in [0.1, 0.15) is 6.04 Å². The van der Waals surface area contributed by atoms with E-state index in [-0.39, 0.29) is 29.7 Å². The zero-order chi connectivity index (χ0) is 17.2. The van der Waals surface area contributed by atoms with Crippen molar-refractivity contribution < 1.29 is 18.4 Å². The number of pyridine rings is 1. The van der Waals surface area contributed by atoms with Crippen molar-refractivity contribution in [1.82, 2.24) is 9.47 Å². The molecule has 23 heavy (non-hydrogen) atoms. The third-order valence-electron chi connectivity index (χ3n) is 3.71. The van der Waals surface area contributed by atoms with Gasteiger partial charge in [0.15, 0.2) is 5.78 Å². The number of aromatic nitrogens is 1. The van der Waals surface area contributed by atoms with E-state index in [0.717, 1.165) is 4.90 Å². The number of likely N-dealkylation sites (tertiary alicyclic amines) is 1. The summed E-state index contributed by atoms with van der Waals surface area (Å²) in [7, 11) is 1.49. The van der Waals surface area contributed by atoms with Gasteiger partial charge in [0.2, 0.25) is 11.5 Å². The van der Waals surface area contributed by atoms with Gasteiger partial charge in [0.25, 0.3) is 5.92 Å². The lowest BCUT2D eigenvalue weighted by molar-refractivity contribution is -0.132. The molecule has 1 fully saturated rings. The normalized spacial score (nSPS) is 19.4. The van der Waals surface area contributed by atoms with Crippen molar-refractivity contribution in [3.05, 3.63) is 34.2 Å². The number of nitrogens with zero attached hydrogens (tertiary/aromatic N) is 3. The minimum absolute atomic E-state index is 0.169. The molecule has 0 bridgehead atoms. The Labute approximate surface area is 130 Å². The number of amides is 1. The van der Waals surface area contributed by atoms with Crippen LogP contribution in [0.5, 0.6) is 0 Å². The highest BCUT2D eigenvalue weighted by atomic mass is 19.3. The Morgan fingerprint density at radius 1 is 1.39 bits per heavy atom. The minimum atomic E-state index is -3.07. The summed E-state index contributed by atoms with van der Waals surface area (Å²) in [5.41, 5.74) is -0.00253. The maximum atomic E-state index is 13.3. The third kappa shape index (κ3) is 3.80. The Morgan fingerprint density at radius 2 is 2.09 bits per heavy atom. The van der Waals surface area contributed by atoms with Crippen molar-refractivity contribution in [3.63, 3.8) is 0 Å². The van der Waals surface area contributed by atoms with Crippen molar-refractivity contribution in [1.29, 1.82) is 5.26 Å². The van der Waals surface area contributed by atoms with Crippen molar-refractivity contribution in [2.75, 3.05) is 6.54 Å². The van der Waals surface area contributed by atoms with Gasteiger partial charge < -0.3 is 9.47 Å². The predicted molar refractivity (Wildman–Crippen MR) is 75.9 cm³/mol. The van der Waals surface area contributed by atoms with Crippen molar-refractivity contribution in [3.8, 4) is 6.07 Å². The van der Waals surface area contributed by atoms with Gasteiger partial charge in [-0.2, -0.15) is 5.26 Å². The molecule has 1 aliphatic heterocycles. The van der Waals surface area contributed by atoms with Crippen LogP contribution in [-0.2, 0) is 11.8 Å². The van der Waals surface area contributed by atoms with Crippen LogP contribution in [0.2, 0.25) is 0 Å². The predicted octanol–water partition coefficient (Wildman–Crippen LogP) is 1.11. The molecule has 0 unspecified atom stereocenters. The number of alkyl halides is 2. The van der Waals surface area contributed by atoms with Crippen LogP contribution in [0, 0.1) is 11.3 Å². The van der Waals surface area contributed by atoms with Gasteiger partial charge in [-0.25, -0.2) is 8.78 Å². The standard InChI is InChI=1S/C15H15F2N3O3/c1-19-8-10(2-4-13(19)22)12(21)3-5-14(23)20-9-15(16,17)6-11(20)7-18/h2,4,8,11H,3,5-6,9H2,1H3/t11-/m0/s1. The summed E-state index contributed by atoms with van der Waals surface area (Å²) in [5, 5.41) is 8.85. The zero-order valence-electron chi connectivity index (χ0n) is 12.5. The van der Waals surface area contributed by atoms with Crippen LogP contribution in [0.15, 0.2) is 23.1 Å². The second-order valence-corrected chi connectivity index (χ2v) is 5.52. The molecular weight excluding hydrogens is 308 g/mol. The Hall–Kier alpha value is -2.56. The van der Waals surface area contributed by atoms with Gasteiger partial charge in [-0.3, -0.25) is 14.4 Å². The first-order valence-corrected chi connectivity index (χ1v) is 7.00. The monoisotopic (exact) mass is 323 g/mol. The summed E-state index contributed by atoms with van der Waals surface area (Å²) in [6.07, 6.45) is 0.258. The Balaban J connectivity index is 1.99. The molecule has 0 saturated carbocycles. The second-order valence-electron chi connectivity index (χ2n) is 5.52. The van der Waals surface area contributed by atoms with Gasteiger partial charge >= 0.3 is 0 Å². The molecule has 1 atom stereocenters. The molecule has 1 aromatic rings. The van der Waals surface area contributed by atoms with Gasteiger partial charge in [-0.15, -0.1) is 0 Å². The average molecular weight is 323 g/mol. The third-order valence-corrected chi connectivity index (χ3v) is 3.71. The molecule has 1 saturated heterocycles. The summed E-state index contributed by atoms with van der Waals surface area (Å²) < 4.78 is 27.8. The number of halogens is 2. The topological polar surface area (TPSA) is 83.2 Å². The highest BCUT2D eigenvalue weighted by Gasteiger charge is 2.47. The van der Waals surface area contributed by atoms with Gasteiger partial charge in [-0.05, 0) is 6.07 Å². The molecule has 1 amide bonds. The number of Topliss-reactive ketones (excluding diaryl/α,β-unsaturated/α-hetero) is 1. The van der Waals surface area contributed by atoms with Gasteiger partial charge in [-0.1, -0.05) is 0 Å².